The van der Waals surface area contributed by atoms with Crippen molar-refractivity contribution in [1.29, 1.82) is 0 Å². The van der Waals surface area contributed by atoms with Crippen molar-refractivity contribution in [3.05, 3.63) is 209 Å². The first-order chi connectivity index (χ1) is 40.2. The molecule has 0 fully saturated rings. The fraction of sp³-hybridized carbons (Fsp3) is 0.304. The number of furan rings is 1. The second-order valence-electron chi connectivity index (χ2n) is 29.4. The number of rotatable bonds is 7. The zero-order valence-electron chi connectivity index (χ0n) is 53.6. The molecule has 2 aromatic heterocycles. The first kappa shape index (κ1) is 56.1. The summed E-state index contributed by atoms with van der Waals surface area (Å²) in [6.45, 7) is 39.4. The number of fused-ring (bicyclic) bond motifs is 8. The van der Waals surface area contributed by atoms with Crippen molar-refractivity contribution in [2.24, 2.45) is 7.05 Å². The van der Waals surface area contributed by atoms with Gasteiger partial charge in [0.15, 0.2) is 16.6 Å². The van der Waals surface area contributed by atoms with Gasteiger partial charge in [-0.2, -0.15) is 4.57 Å². The van der Waals surface area contributed by atoms with Crippen LogP contribution in [0.2, 0.25) is 0 Å². The van der Waals surface area contributed by atoms with Crippen LogP contribution in [0.15, 0.2) is 174 Å². The van der Waals surface area contributed by atoms with Crippen molar-refractivity contribution in [1.82, 2.24) is 4.57 Å². The molecule has 0 saturated carbocycles. The average Bonchev–Trinajstić information content (AvgIpc) is 0.955. The van der Waals surface area contributed by atoms with E-state index in [-0.39, 0.29) is 28.4 Å². The zero-order chi connectivity index (χ0) is 60.1. The molecule has 0 saturated heterocycles. The van der Waals surface area contributed by atoms with E-state index in [1.165, 1.54) is 94.8 Å². The third-order valence-corrected chi connectivity index (χ3v) is 18.8. The van der Waals surface area contributed by atoms with Crippen molar-refractivity contribution in [3.8, 4) is 28.2 Å². The lowest BCUT2D eigenvalue weighted by Crippen LogP contribution is -2.61. The summed E-state index contributed by atoms with van der Waals surface area (Å²) >= 11 is 0. The van der Waals surface area contributed by atoms with Crippen molar-refractivity contribution in [3.63, 3.8) is 0 Å². The summed E-state index contributed by atoms with van der Waals surface area (Å²) in [4.78, 5) is 5.14. The fourth-order valence-corrected chi connectivity index (χ4v) is 13.9. The van der Waals surface area contributed by atoms with Crippen molar-refractivity contribution < 1.29 is 8.98 Å². The smallest absolute Gasteiger partial charge is 0.299 e. The minimum Gasteiger partial charge on any atom is -0.455 e. The molecule has 0 N–H and O–H groups in total. The molecule has 4 heterocycles. The van der Waals surface area contributed by atoms with Crippen LogP contribution in [-0.4, -0.2) is 11.3 Å². The molecule has 0 aliphatic carbocycles. The van der Waals surface area contributed by atoms with Gasteiger partial charge >= 0.3 is 0 Å². The van der Waals surface area contributed by atoms with Crippen LogP contribution < -0.4 is 30.8 Å². The van der Waals surface area contributed by atoms with E-state index < -0.39 is 0 Å². The van der Waals surface area contributed by atoms with Gasteiger partial charge in [-0.1, -0.05) is 208 Å². The van der Waals surface area contributed by atoms with Crippen LogP contribution in [0.5, 0.6) is 0 Å². The molecule has 2 aliphatic rings. The largest absolute Gasteiger partial charge is 0.455 e. The molecule has 85 heavy (non-hydrogen) atoms. The highest BCUT2D eigenvalue weighted by Gasteiger charge is 2.45. The zero-order valence-corrected chi connectivity index (χ0v) is 53.6. The van der Waals surface area contributed by atoms with E-state index in [4.69, 9.17) is 4.42 Å². The standard InChI is InChI=1S/C79H84BN4O/c1-47(2)58-22-21-23-59(48(3)4)73(58)84-67-25-20-19-24-66(67)81(18)75(84)71-49(5)26-38-61-60-39-27-50(44-70(60)85-74(61)71)51-42-68-72-69(43-51)83(57-36-30-53(31-37-57)77(9,10)11)65-41-33-55(79(15,16)17)46-63(65)80(72)62-45-54(78(12,13)14)32-40-64(62)82(68)56-34-28-52(29-35-56)76(6,7)8/h19-48H,1-18H3/q+1. The normalized spacial score (nSPS) is 13.7. The monoisotopic (exact) mass is 1120 g/mol. The summed E-state index contributed by atoms with van der Waals surface area (Å²) < 4.78 is 12.4. The summed E-state index contributed by atoms with van der Waals surface area (Å²) in [5, 5.41) is 2.21. The minimum absolute atomic E-state index is 0.00294. The Morgan fingerprint density at radius 3 is 1.44 bits per heavy atom. The molecule has 2 aliphatic heterocycles. The molecular formula is C79H84BN4O+. The lowest BCUT2D eigenvalue weighted by Gasteiger charge is -2.45. The van der Waals surface area contributed by atoms with Gasteiger partial charge in [0.05, 0.1) is 7.05 Å². The predicted molar refractivity (Wildman–Crippen MR) is 364 cm³/mol. The van der Waals surface area contributed by atoms with Crippen molar-refractivity contribution in [2.45, 2.75) is 151 Å². The van der Waals surface area contributed by atoms with Gasteiger partial charge in [0.25, 0.3) is 12.5 Å². The van der Waals surface area contributed by atoms with E-state index in [0.717, 1.165) is 55.8 Å². The highest BCUT2D eigenvalue weighted by molar-refractivity contribution is 7.00. The number of imidazole rings is 1. The first-order valence-electron chi connectivity index (χ1n) is 31.1. The molecule has 0 atom stereocenters. The maximum Gasteiger partial charge on any atom is 0.299 e. The molecule has 0 unspecified atom stereocenters. The third-order valence-electron chi connectivity index (χ3n) is 18.8. The summed E-state index contributed by atoms with van der Waals surface area (Å²) in [7, 11) is 2.22. The van der Waals surface area contributed by atoms with Gasteiger partial charge in [0.1, 0.15) is 16.8 Å². The molecule has 0 radical (unpaired) electrons. The van der Waals surface area contributed by atoms with E-state index in [0.29, 0.717) is 11.8 Å². The van der Waals surface area contributed by atoms with Gasteiger partial charge in [-0.25, -0.2) is 4.57 Å². The molecule has 6 heteroatoms. The summed E-state index contributed by atoms with van der Waals surface area (Å²) in [6.07, 6.45) is 0. The Morgan fingerprint density at radius 1 is 0.459 bits per heavy atom. The lowest BCUT2D eigenvalue weighted by atomic mass is 9.33. The molecule has 9 aromatic carbocycles. The Bertz CT molecular complexity index is 4310. The van der Waals surface area contributed by atoms with Crippen LogP contribution in [0, 0.1) is 6.92 Å². The van der Waals surface area contributed by atoms with Crippen LogP contribution in [0.1, 0.15) is 162 Å². The van der Waals surface area contributed by atoms with E-state index in [9.17, 15) is 0 Å². The number of para-hydroxylation sites is 3. The third kappa shape index (κ3) is 9.15. The van der Waals surface area contributed by atoms with Crippen LogP contribution >= 0.6 is 0 Å². The Hall–Kier alpha value is -8.09. The maximum atomic E-state index is 7.46. The summed E-state index contributed by atoms with van der Waals surface area (Å²) in [6, 6.07) is 65.7. The van der Waals surface area contributed by atoms with Crippen LogP contribution in [0.4, 0.5) is 34.1 Å². The average molecular weight is 1120 g/mol. The van der Waals surface area contributed by atoms with E-state index in [2.05, 4.69) is 314 Å². The van der Waals surface area contributed by atoms with Gasteiger partial charge in [0.2, 0.25) is 0 Å². The predicted octanol–water partition coefficient (Wildman–Crippen LogP) is 19.5. The fourth-order valence-electron chi connectivity index (χ4n) is 13.9. The molecular weight excluding hydrogens is 1030 g/mol. The summed E-state index contributed by atoms with van der Waals surface area (Å²) in [5.41, 5.74) is 28.8. The van der Waals surface area contributed by atoms with Crippen molar-refractivity contribution in [2.75, 3.05) is 9.80 Å². The molecule has 0 amide bonds. The topological polar surface area (TPSA) is 28.4 Å². The quantitative estimate of drug-likeness (QED) is 0.118. The Kier molecular flexibility index (Phi) is 13.0. The Labute approximate surface area is 506 Å². The van der Waals surface area contributed by atoms with E-state index >= 15 is 0 Å². The molecule has 0 bridgehead atoms. The minimum atomic E-state index is -0.0614. The van der Waals surface area contributed by atoms with Gasteiger partial charge in [0, 0.05) is 56.0 Å². The van der Waals surface area contributed by atoms with Gasteiger partial charge in [-0.3, -0.25) is 0 Å². The van der Waals surface area contributed by atoms with Crippen LogP contribution in [0.3, 0.4) is 0 Å². The second-order valence-corrected chi connectivity index (χ2v) is 29.4. The maximum absolute atomic E-state index is 7.46. The number of nitrogens with zero attached hydrogens (tertiary/aromatic N) is 4. The summed E-state index contributed by atoms with van der Waals surface area (Å²) in [5.74, 6) is 1.73. The highest BCUT2D eigenvalue weighted by atomic mass is 16.3. The molecule has 5 nitrogen and oxygen atoms in total. The number of benzene rings is 9. The van der Waals surface area contributed by atoms with Gasteiger partial charge in [-0.15, -0.1) is 0 Å². The van der Waals surface area contributed by atoms with E-state index in [1.54, 1.807) is 0 Å². The number of aryl methyl sites for hydroxylation is 2. The van der Waals surface area contributed by atoms with Crippen molar-refractivity contribution >= 4 is 90.2 Å². The second kappa shape index (κ2) is 19.7. The Balaban J connectivity index is 1.09. The Morgan fingerprint density at radius 2 is 0.941 bits per heavy atom. The van der Waals surface area contributed by atoms with Gasteiger partial charge < -0.3 is 14.2 Å². The van der Waals surface area contributed by atoms with Gasteiger partial charge in [-0.05, 0) is 169 Å². The molecule has 0 spiro atoms. The number of hydrogen-bond donors (Lipinski definition) is 0. The first-order valence-corrected chi connectivity index (χ1v) is 31.1. The SMILES string of the molecule is Cc1ccc2c(oc3cc(-c4cc5c6c(c4)N(c4ccc(C(C)(C)C)cc4)c4ccc(C(C)(C)C)cc4B6c4cc(C(C)(C)C)ccc4N5c4ccc(C(C)(C)C)cc4)ccc32)c1-c1n(-c2c(C(C)C)cccc2C(C)C)c2ccccc2[n+]1C. The number of anilines is 6. The molecule has 11 aromatic rings. The highest BCUT2D eigenvalue weighted by Crippen LogP contribution is 2.49. The van der Waals surface area contributed by atoms with E-state index in [1.807, 2.05) is 0 Å². The number of hydrogen-bond acceptors (Lipinski definition) is 3. The number of aromatic nitrogens is 2. The molecule has 428 valence electrons. The van der Waals surface area contributed by atoms with Crippen LogP contribution in [0.25, 0.3) is 61.2 Å². The lowest BCUT2D eigenvalue weighted by molar-refractivity contribution is -0.633. The molecule has 13 rings (SSSR count). The van der Waals surface area contributed by atoms with Crippen LogP contribution in [-0.2, 0) is 28.7 Å².